The van der Waals surface area contributed by atoms with Crippen molar-refractivity contribution in [2.45, 2.75) is 57.4 Å². The summed E-state index contributed by atoms with van der Waals surface area (Å²) in [4.78, 5) is 0. The summed E-state index contributed by atoms with van der Waals surface area (Å²) in [7, 11) is -1.00. The van der Waals surface area contributed by atoms with Gasteiger partial charge in [0.05, 0.1) is 8.52 Å². The molecule has 2 fully saturated rings. The Hall–Kier alpha value is 3.36. The third kappa shape index (κ3) is 19.1. The number of hydrogen-bond donors (Lipinski definition) is 2. The summed E-state index contributed by atoms with van der Waals surface area (Å²) in [5.41, 5.74) is 10.4. The molecule has 0 aromatic heterocycles. The molecule has 148 valence electrons. The molecule has 0 amide bonds. The van der Waals surface area contributed by atoms with Crippen LogP contribution in [0.15, 0.2) is 0 Å². The van der Waals surface area contributed by atoms with Crippen molar-refractivity contribution in [3.05, 3.63) is 0 Å². The minimum atomic E-state index is -1.00. The van der Waals surface area contributed by atoms with Crippen molar-refractivity contribution in [1.82, 2.24) is 0 Å². The number of hydrogen-bond acceptors (Lipinski definition) is 5. The van der Waals surface area contributed by atoms with E-state index in [2.05, 4.69) is 88.3 Å². The van der Waals surface area contributed by atoms with Crippen molar-refractivity contribution in [1.29, 1.82) is 0 Å². The Kier molecular flexibility index (Phi) is 31.0. The van der Waals surface area contributed by atoms with E-state index in [1.54, 1.807) is 0 Å². The third-order valence-corrected chi connectivity index (χ3v) is 11.2. The van der Waals surface area contributed by atoms with Crippen molar-refractivity contribution in [2.75, 3.05) is 37.5 Å². The monoisotopic (exact) mass is 647 g/mol. The molecule has 2 rings (SSSR count). The zero-order valence-electron chi connectivity index (χ0n) is 16.6. The van der Waals surface area contributed by atoms with Gasteiger partial charge in [0.25, 0.3) is 0 Å². The maximum Gasteiger partial charge on any atom is 1.00 e. The first kappa shape index (κ1) is 30.6. The summed E-state index contributed by atoms with van der Waals surface area (Å²) >= 11 is 13.7. The van der Waals surface area contributed by atoms with Crippen LogP contribution in [0.1, 0.15) is 40.4 Å². The predicted octanol–water partition coefficient (Wildman–Crippen LogP) is 1.82. The molecule has 9 heteroatoms. The van der Waals surface area contributed by atoms with Gasteiger partial charge in [-0.2, -0.15) is 29.3 Å². The molecular formula is C16H34FI2N2NaS3. The zero-order chi connectivity index (χ0) is 19.5. The van der Waals surface area contributed by atoms with Crippen LogP contribution in [0.2, 0.25) is 0 Å². The molecule has 0 saturated heterocycles. The van der Waals surface area contributed by atoms with Gasteiger partial charge in [-0.1, -0.05) is 52.1 Å². The van der Waals surface area contributed by atoms with Gasteiger partial charge in [0.1, 0.15) is 0 Å². The molecule has 2 aliphatic carbocycles. The van der Waals surface area contributed by atoms with Crippen LogP contribution >= 0.6 is 68.7 Å². The number of rotatable bonds is 7. The normalized spacial score (nSPS) is 26.4. The molecule has 25 heavy (non-hydrogen) atoms. The van der Waals surface area contributed by atoms with E-state index in [0.717, 1.165) is 30.6 Å². The van der Waals surface area contributed by atoms with Gasteiger partial charge in [-0.3, -0.25) is 4.39 Å². The van der Waals surface area contributed by atoms with Crippen molar-refractivity contribution < 1.29 is 35.3 Å². The van der Waals surface area contributed by atoms with Gasteiger partial charge in [0.15, 0.2) is 0 Å². The first-order valence-corrected chi connectivity index (χ1v) is 13.5. The Morgan fingerprint density at radius 1 is 1.04 bits per heavy atom. The van der Waals surface area contributed by atoms with Crippen LogP contribution in [-0.4, -0.2) is 55.9 Å². The summed E-state index contributed by atoms with van der Waals surface area (Å²) in [5.74, 6) is 3.16. The summed E-state index contributed by atoms with van der Waals surface area (Å²) in [6.45, 7) is 3.73. The van der Waals surface area contributed by atoms with E-state index in [1.165, 1.54) is 37.9 Å². The number of alkyl halides is 3. The molecule has 4 atom stereocenters. The Labute approximate surface area is 220 Å². The van der Waals surface area contributed by atoms with Crippen LogP contribution in [-0.2, 0) is 12.6 Å². The van der Waals surface area contributed by atoms with Crippen LogP contribution in [0.4, 0.5) is 4.39 Å². The molecule has 0 bridgehead atoms. The minimum absolute atomic E-state index is 0. The fraction of sp³-hybridized carbons (Fsp3) is 1.00. The zero-order valence-corrected chi connectivity index (χ0v) is 24.4. The van der Waals surface area contributed by atoms with Crippen LogP contribution in [0.5, 0.6) is 0 Å². The van der Waals surface area contributed by atoms with Gasteiger partial charge in [0.2, 0.25) is 0 Å². The fourth-order valence-corrected chi connectivity index (χ4v) is 5.92. The van der Waals surface area contributed by atoms with Crippen LogP contribution < -0.4 is 41.0 Å². The SMILES string of the molecule is CCCSC1CCC1SCCN.IC1CCC1I.NCC[S-].[2H]CF.[Na+]. The smallest absolute Gasteiger partial charge is 0.791 e. The summed E-state index contributed by atoms with van der Waals surface area (Å²) in [5, 5.41) is 1.87. The maximum atomic E-state index is 9.96. The fourth-order valence-electron chi connectivity index (χ4n) is 1.73. The van der Waals surface area contributed by atoms with E-state index in [0.29, 0.717) is 12.3 Å². The van der Waals surface area contributed by atoms with Crippen molar-refractivity contribution >= 4 is 81.3 Å². The third-order valence-electron chi connectivity index (χ3n) is 3.36. The van der Waals surface area contributed by atoms with E-state index in [4.69, 9.17) is 12.8 Å². The van der Waals surface area contributed by atoms with Crippen molar-refractivity contribution in [2.24, 2.45) is 11.5 Å². The minimum Gasteiger partial charge on any atom is -0.791 e. The van der Waals surface area contributed by atoms with E-state index in [-0.39, 0.29) is 29.6 Å². The molecule has 0 spiro atoms. The summed E-state index contributed by atoms with van der Waals surface area (Å²) < 4.78 is 17.5. The topological polar surface area (TPSA) is 52.0 Å². The number of thioether (sulfide) groups is 2. The first-order chi connectivity index (χ1) is 12.0. The second-order valence-electron chi connectivity index (χ2n) is 5.29. The van der Waals surface area contributed by atoms with Crippen LogP contribution in [0.25, 0.3) is 0 Å². The molecule has 2 nitrogen and oxygen atoms in total. The van der Waals surface area contributed by atoms with E-state index in [9.17, 15) is 4.39 Å². The largest absolute Gasteiger partial charge is 1.00 e. The second kappa shape index (κ2) is 25.4. The Morgan fingerprint density at radius 2 is 1.44 bits per heavy atom. The van der Waals surface area contributed by atoms with Crippen molar-refractivity contribution in [3.63, 3.8) is 0 Å². The molecule has 2 saturated carbocycles. The average Bonchev–Trinajstić information content (AvgIpc) is 2.61. The van der Waals surface area contributed by atoms with Gasteiger partial charge in [-0.25, -0.2) is 0 Å². The molecular weight excluding hydrogens is 612 g/mol. The number of halogens is 3. The number of nitrogens with two attached hydrogens (primary N) is 2. The summed E-state index contributed by atoms with van der Waals surface area (Å²) in [6.07, 6.45) is 7.08. The quantitative estimate of drug-likeness (QED) is 0.191. The molecule has 2 aliphatic rings. The van der Waals surface area contributed by atoms with E-state index in [1.807, 2.05) is 0 Å². The molecule has 0 radical (unpaired) electrons. The Balaban J connectivity index is -0.000000318. The van der Waals surface area contributed by atoms with Crippen LogP contribution in [0.3, 0.4) is 0 Å². The molecule has 0 aromatic carbocycles. The average molecular weight is 647 g/mol. The van der Waals surface area contributed by atoms with Gasteiger partial charge in [0, 0.05) is 30.6 Å². The molecule has 0 heterocycles. The molecule has 4 N–H and O–H groups in total. The van der Waals surface area contributed by atoms with Gasteiger partial charge in [-0.05, 0) is 44.4 Å². The standard InChI is InChI=1S/C9H19NS2.C4H6I2.C2H7NS.CH3F.Na/c1-2-6-11-8-3-4-9(8)12-7-5-10;5-3-1-2-4(3)6;3-1-2-4;1-2;/h8-9H,2-7,10H2,1H3;3-4H,1-2H2;4H,1-3H2;1H3;/q;;;;+1/p-1/i;;;1D;. The Bertz CT molecular complexity index is 258. The van der Waals surface area contributed by atoms with Gasteiger partial charge < -0.3 is 24.1 Å². The molecule has 0 aliphatic heterocycles. The molecule has 4 unspecified atom stereocenters. The maximum absolute atomic E-state index is 9.96. The van der Waals surface area contributed by atoms with E-state index < -0.39 is 7.15 Å². The predicted molar refractivity (Wildman–Crippen MR) is 134 cm³/mol. The van der Waals surface area contributed by atoms with Crippen molar-refractivity contribution in [3.8, 4) is 0 Å². The molecule has 0 aromatic rings. The second-order valence-corrected chi connectivity index (χ2v) is 11.6. The van der Waals surface area contributed by atoms with Gasteiger partial charge >= 0.3 is 29.6 Å². The Morgan fingerprint density at radius 3 is 1.64 bits per heavy atom. The van der Waals surface area contributed by atoms with Crippen LogP contribution in [0, 0.1) is 0 Å². The first-order valence-electron chi connectivity index (χ1n) is 9.07. The summed E-state index contributed by atoms with van der Waals surface area (Å²) in [6, 6.07) is 0. The van der Waals surface area contributed by atoms with E-state index >= 15 is 0 Å². The van der Waals surface area contributed by atoms with Gasteiger partial charge in [-0.15, -0.1) is 0 Å².